The van der Waals surface area contributed by atoms with Gasteiger partial charge in [-0.2, -0.15) is 0 Å². The number of rotatable bonds is 4. The third kappa shape index (κ3) is 7.71. The molecule has 0 aromatic carbocycles. The van der Waals surface area contributed by atoms with Gasteiger partial charge < -0.3 is 5.11 Å². The van der Waals surface area contributed by atoms with Gasteiger partial charge in [-0.3, -0.25) is 0 Å². The summed E-state index contributed by atoms with van der Waals surface area (Å²) in [6.07, 6.45) is 5.15. The first-order chi connectivity index (χ1) is 6.62. The number of unbranched alkanes of at least 4 members (excludes halogenated alkanes) is 3. The second-order valence-corrected chi connectivity index (χ2v) is 3.64. The SMILES string of the molecule is CCCCCC#CC#CC(C)(O)CC. The highest BCUT2D eigenvalue weighted by molar-refractivity contribution is 5.29. The first-order valence-corrected chi connectivity index (χ1v) is 5.34. The maximum Gasteiger partial charge on any atom is 0.123 e. The van der Waals surface area contributed by atoms with Crippen LogP contribution >= 0.6 is 0 Å². The molecule has 0 amide bonds. The smallest absolute Gasteiger partial charge is 0.123 e. The minimum Gasteiger partial charge on any atom is -0.378 e. The fraction of sp³-hybridized carbons (Fsp3) is 0.692. The van der Waals surface area contributed by atoms with Crippen LogP contribution in [0.4, 0.5) is 0 Å². The Labute approximate surface area is 87.9 Å². The monoisotopic (exact) mass is 192 g/mol. The van der Waals surface area contributed by atoms with E-state index < -0.39 is 5.60 Å². The molecule has 1 unspecified atom stereocenters. The van der Waals surface area contributed by atoms with Gasteiger partial charge in [-0.1, -0.05) is 38.5 Å². The fourth-order valence-corrected chi connectivity index (χ4v) is 0.824. The van der Waals surface area contributed by atoms with E-state index in [1.54, 1.807) is 6.92 Å². The summed E-state index contributed by atoms with van der Waals surface area (Å²) < 4.78 is 0. The molecule has 0 aliphatic rings. The second kappa shape index (κ2) is 7.48. The fourth-order valence-electron chi connectivity index (χ4n) is 0.824. The van der Waals surface area contributed by atoms with Crippen molar-refractivity contribution in [2.45, 2.75) is 58.5 Å². The van der Waals surface area contributed by atoms with Gasteiger partial charge in [0.25, 0.3) is 0 Å². The Morgan fingerprint density at radius 3 is 2.43 bits per heavy atom. The van der Waals surface area contributed by atoms with Crippen molar-refractivity contribution < 1.29 is 5.11 Å². The van der Waals surface area contributed by atoms with Crippen LogP contribution in [0.2, 0.25) is 0 Å². The van der Waals surface area contributed by atoms with Gasteiger partial charge in [-0.15, -0.1) is 0 Å². The molecule has 0 bridgehead atoms. The summed E-state index contributed by atoms with van der Waals surface area (Å²) in [6, 6.07) is 0. The summed E-state index contributed by atoms with van der Waals surface area (Å²) in [5.74, 6) is 11.2. The van der Waals surface area contributed by atoms with E-state index in [2.05, 4.69) is 30.6 Å². The van der Waals surface area contributed by atoms with Crippen LogP contribution in [-0.4, -0.2) is 10.7 Å². The Kier molecular flexibility index (Phi) is 6.99. The molecule has 0 heterocycles. The topological polar surface area (TPSA) is 20.2 Å². The zero-order valence-corrected chi connectivity index (χ0v) is 9.48. The van der Waals surface area contributed by atoms with E-state index in [4.69, 9.17) is 0 Å². The minimum atomic E-state index is -0.877. The predicted molar refractivity (Wildman–Crippen MR) is 60.6 cm³/mol. The molecule has 1 atom stereocenters. The lowest BCUT2D eigenvalue weighted by Crippen LogP contribution is -2.19. The van der Waals surface area contributed by atoms with Crippen LogP contribution in [-0.2, 0) is 0 Å². The quantitative estimate of drug-likeness (QED) is 0.536. The van der Waals surface area contributed by atoms with E-state index >= 15 is 0 Å². The highest BCUT2D eigenvalue weighted by atomic mass is 16.3. The average Bonchev–Trinajstić information content (AvgIpc) is 2.16. The van der Waals surface area contributed by atoms with Gasteiger partial charge in [0.2, 0.25) is 0 Å². The third-order valence-corrected chi connectivity index (χ3v) is 2.08. The zero-order chi connectivity index (χ0) is 10.9. The maximum absolute atomic E-state index is 9.52. The van der Waals surface area contributed by atoms with Gasteiger partial charge in [0.15, 0.2) is 0 Å². The van der Waals surface area contributed by atoms with E-state index in [1.807, 2.05) is 6.92 Å². The van der Waals surface area contributed by atoms with E-state index in [9.17, 15) is 5.11 Å². The molecular weight excluding hydrogens is 172 g/mol. The summed E-state index contributed by atoms with van der Waals surface area (Å²) in [4.78, 5) is 0. The van der Waals surface area contributed by atoms with E-state index in [-0.39, 0.29) is 0 Å². The van der Waals surface area contributed by atoms with Crippen LogP contribution in [0, 0.1) is 23.7 Å². The Bertz CT molecular complexity index is 254. The summed E-state index contributed by atoms with van der Waals surface area (Å²) in [5.41, 5.74) is -0.877. The largest absolute Gasteiger partial charge is 0.378 e. The van der Waals surface area contributed by atoms with Gasteiger partial charge in [-0.05, 0) is 31.6 Å². The van der Waals surface area contributed by atoms with Crippen molar-refractivity contribution in [1.29, 1.82) is 0 Å². The number of aliphatic hydroxyl groups is 1. The molecule has 14 heavy (non-hydrogen) atoms. The molecule has 0 aromatic heterocycles. The van der Waals surface area contributed by atoms with Crippen LogP contribution in [0.5, 0.6) is 0 Å². The van der Waals surface area contributed by atoms with Crippen molar-refractivity contribution in [2.24, 2.45) is 0 Å². The molecule has 0 aromatic rings. The van der Waals surface area contributed by atoms with Gasteiger partial charge >= 0.3 is 0 Å². The minimum absolute atomic E-state index is 0.636. The van der Waals surface area contributed by atoms with Crippen LogP contribution in [0.3, 0.4) is 0 Å². The molecule has 1 nitrogen and oxygen atoms in total. The Morgan fingerprint density at radius 1 is 1.14 bits per heavy atom. The number of hydrogen-bond acceptors (Lipinski definition) is 1. The van der Waals surface area contributed by atoms with Crippen molar-refractivity contribution in [3.8, 4) is 23.7 Å². The van der Waals surface area contributed by atoms with Crippen molar-refractivity contribution in [2.75, 3.05) is 0 Å². The molecule has 0 rings (SSSR count). The highest BCUT2D eigenvalue weighted by Gasteiger charge is 2.11. The molecule has 0 saturated carbocycles. The lowest BCUT2D eigenvalue weighted by atomic mass is 10.1. The maximum atomic E-state index is 9.52. The van der Waals surface area contributed by atoms with Crippen molar-refractivity contribution in [3.05, 3.63) is 0 Å². The first-order valence-electron chi connectivity index (χ1n) is 5.34. The highest BCUT2D eigenvalue weighted by Crippen LogP contribution is 2.04. The van der Waals surface area contributed by atoms with Crippen LogP contribution in [0.25, 0.3) is 0 Å². The zero-order valence-electron chi connectivity index (χ0n) is 9.48. The molecule has 0 radical (unpaired) electrons. The Morgan fingerprint density at radius 2 is 1.86 bits per heavy atom. The van der Waals surface area contributed by atoms with Gasteiger partial charge in [0, 0.05) is 6.42 Å². The second-order valence-electron chi connectivity index (χ2n) is 3.64. The Balaban J connectivity index is 3.79. The molecule has 0 aliphatic carbocycles. The lowest BCUT2D eigenvalue weighted by molar-refractivity contribution is 0.118. The standard InChI is InChI=1S/C13H20O/c1-4-6-7-8-9-10-11-12-13(3,14)5-2/h14H,4-8H2,1-3H3. The third-order valence-electron chi connectivity index (χ3n) is 2.08. The lowest BCUT2D eigenvalue weighted by Gasteiger charge is -2.10. The molecule has 0 spiro atoms. The molecule has 78 valence electrons. The van der Waals surface area contributed by atoms with Gasteiger partial charge in [0.05, 0.1) is 0 Å². The molecule has 0 aliphatic heterocycles. The summed E-state index contributed by atoms with van der Waals surface area (Å²) in [7, 11) is 0. The molecule has 1 heteroatoms. The van der Waals surface area contributed by atoms with Gasteiger partial charge in [0.1, 0.15) is 5.60 Å². The Hall–Kier alpha value is -0.920. The molecular formula is C13H20O. The van der Waals surface area contributed by atoms with Gasteiger partial charge in [-0.25, -0.2) is 0 Å². The van der Waals surface area contributed by atoms with Crippen LogP contribution in [0.1, 0.15) is 52.9 Å². The number of hydrogen-bond donors (Lipinski definition) is 1. The summed E-state index contributed by atoms with van der Waals surface area (Å²) in [5, 5.41) is 9.52. The first kappa shape index (κ1) is 13.1. The van der Waals surface area contributed by atoms with Crippen molar-refractivity contribution >= 4 is 0 Å². The van der Waals surface area contributed by atoms with Crippen molar-refractivity contribution in [3.63, 3.8) is 0 Å². The van der Waals surface area contributed by atoms with E-state index in [0.717, 1.165) is 12.8 Å². The molecule has 0 fully saturated rings. The normalized spacial score (nSPS) is 13.1. The molecule has 0 saturated heterocycles. The van der Waals surface area contributed by atoms with E-state index in [1.165, 1.54) is 12.8 Å². The summed E-state index contributed by atoms with van der Waals surface area (Å²) in [6.45, 7) is 5.79. The van der Waals surface area contributed by atoms with E-state index in [0.29, 0.717) is 6.42 Å². The van der Waals surface area contributed by atoms with Crippen molar-refractivity contribution in [1.82, 2.24) is 0 Å². The molecule has 1 N–H and O–H groups in total. The predicted octanol–water partition coefficient (Wildman–Crippen LogP) is 2.73. The summed E-state index contributed by atoms with van der Waals surface area (Å²) >= 11 is 0. The van der Waals surface area contributed by atoms with Crippen LogP contribution in [0.15, 0.2) is 0 Å². The average molecular weight is 192 g/mol. The van der Waals surface area contributed by atoms with Crippen LogP contribution < -0.4 is 0 Å².